The highest BCUT2D eigenvalue weighted by atomic mass is 16.5. The molecule has 2 heterocycles. The van der Waals surface area contributed by atoms with Gasteiger partial charge in [0.2, 0.25) is 5.95 Å². The Balaban J connectivity index is 2.46. The molecule has 0 fully saturated rings. The first-order valence-corrected chi connectivity index (χ1v) is 6.08. The molecule has 0 aliphatic carbocycles. The Hall–Kier alpha value is -2.75. The minimum Gasteiger partial charge on any atom is -0.461 e. The lowest BCUT2D eigenvalue weighted by atomic mass is 10.2. The normalized spacial score (nSPS) is 10.2. The summed E-state index contributed by atoms with van der Waals surface area (Å²) in [5.41, 5.74) is 1.08. The molecule has 7 nitrogen and oxygen atoms in total. The van der Waals surface area contributed by atoms with Gasteiger partial charge < -0.3 is 10.1 Å². The van der Waals surface area contributed by atoms with Gasteiger partial charge in [-0.05, 0) is 19.9 Å². The molecular weight excluding hydrogens is 256 g/mol. The van der Waals surface area contributed by atoms with Crippen molar-refractivity contribution in [3.63, 3.8) is 0 Å². The van der Waals surface area contributed by atoms with Crippen LogP contribution in [-0.2, 0) is 0 Å². The van der Waals surface area contributed by atoms with Crippen molar-refractivity contribution in [2.75, 3.05) is 12.4 Å². The number of ether oxygens (including phenoxy) is 1. The van der Waals surface area contributed by atoms with E-state index in [0.29, 0.717) is 22.9 Å². The first-order valence-electron chi connectivity index (χ1n) is 6.08. The molecule has 0 amide bonds. The number of nitrogens with one attached hydrogen (secondary N) is 1. The quantitative estimate of drug-likeness (QED) is 0.901. The second-order valence-corrected chi connectivity index (χ2v) is 4.26. The van der Waals surface area contributed by atoms with Gasteiger partial charge in [-0.25, -0.2) is 0 Å². The molecule has 102 valence electrons. The van der Waals surface area contributed by atoms with Gasteiger partial charge in [0.15, 0.2) is 5.82 Å². The molecule has 0 aliphatic heterocycles. The van der Waals surface area contributed by atoms with Crippen molar-refractivity contribution in [2.45, 2.75) is 20.0 Å². The third-order valence-electron chi connectivity index (χ3n) is 2.31. The second-order valence-electron chi connectivity index (χ2n) is 4.26. The molecule has 1 N–H and O–H groups in total. The van der Waals surface area contributed by atoms with Crippen LogP contribution < -0.4 is 10.1 Å². The summed E-state index contributed by atoms with van der Waals surface area (Å²) in [6, 6.07) is 3.93. The molecule has 0 spiro atoms. The van der Waals surface area contributed by atoms with E-state index >= 15 is 0 Å². The van der Waals surface area contributed by atoms with Gasteiger partial charge >= 0.3 is 6.01 Å². The van der Waals surface area contributed by atoms with Crippen LogP contribution in [0.4, 0.5) is 5.95 Å². The maximum Gasteiger partial charge on any atom is 0.322 e. The van der Waals surface area contributed by atoms with E-state index in [9.17, 15) is 0 Å². The number of anilines is 1. The van der Waals surface area contributed by atoms with Crippen LogP contribution in [0.25, 0.3) is 11.4 Å². The van der Waals surface area contributed by atoms with Crippen LogP contribution in [0.1, 0.15) is 19.4 Å². The molecule has 0 atom stereocenters. The van der Waals surface area contributed by atoms with Crippen molar-refractivity contribution in [3.05, 3.63) is 24.0 Å². The fourth-order valence-electron chi connectivity index (χ4n) is 1.48. The first kappa shape index (κ1) is 13.7. The average molecular weight is 270 g/mol. The number of rotatable bonds is 4. The van der Waals surface area contributed by atoms with E-state index in [2.05, 4.69) is 25.3 Å². The van der Waals surface area contributed by atoms with E-state index < -0.39 is 0 Å². The van der Waals surface area contributed by atoms with E-state index in [0.717, 1.165) is 0 Å². The van der Waals surface area contributed by atoms with Crippen LogP contribution in [0.2, 0.25) is 0 Å². The van der Waals surface area contributed by atoms with Gasteiger partial charge in [0.05, 0.1) is 11.7 Å². The summed E-state index contributed by atoms with van der Waals surface area (Å²) in [6.07, 6.45) is 3.03. The fraction of sp³-hybridized carbons (Fsp3) is 0.308. The third kappa shape index (κ3) is 3.17. The van der Waals surface area contributed by atoms with Crippen molar-refractivity contribution in [1.29, 1.82) is 5.26 Å². The molecule has 0 saturated heterocycles. The number of hydrogen-bond donors (Lipinski definition) is 1. The number of nitriles is 1. The first-order chi connectivity index (χ1) is 9.62. The fourth-order valence-corrected chi connectivity index (χ4v) is 1.48. The van der Waals surface area contributed by atoms with Crippen molar-refractivity contribution in [1.82, 2.24) is 19.9 Å². The Kier molecular flexibility index (Phi) is 4.05. The van der Waals surface area contributed by atoms with E-state index in [-0.39, 0.29) is 12.1 Å². The summed E-state index contributed by atoms with van der Waals surface area (Å²) in [5.74, 6) is 0.803. The van der Waals surface area contributed by atoms with E-state index in [1.54, 1.807) is 19.3 Å². The number of aromatic nitrogens is 4. The molecular formula is C13H14N6O. The Bertz CT molecular complexity index is 650. The molecule has 2 aromatic heterocycles. The topological polar surface area (TPSA) is 96.6 Å². The molecule has 0 radical (unpaired) electrons. The van der Waals surface area contributed by atoms with Crippen LogP contribution in [0.15, 0.2) is 18.5 Å². The lowest BCUT2D eigenvalue weighted by Gasteiger charge is -2.10. The predicted octanol–water partition coefficient (Wildman–Crippen LogP) is 1.63. The monoisotopic (exact) mass is 270 g/mol. The Labute approximate surface area is 116 Å². The zero-order valence-corrected chi connectivity index (χ0v) is 11.5. The van der Waals surface area contributed by atoms with E-state index in [1.807, 2.05) is 19.9 Å². The van der Waals surface area contributed by atoms with E-state index in [1.165, 1.54) is 6.20 Å². The van der Waals surface area contributed by atoms with Crippen molar-refractivity contribution < 1.29 is 4.74 Å². The van der Waals surface area contributed by atoms with Crippen molar-refractivity contribution >= 4 is 5.95 Å². The number of pyridine rings is 1. The van der Waals surface area contributed by atoms with Gasteiger partial charge in [0.1, 0.15) is 6.07 Å². The molecule has 0 bridgehead atoms. The van der Waals surface area contributed by atoms with Crippen LogP contribution in [0, 0.1) is 11.3 Å². The van der Waals surface area contributed by atoms with E-state index in [4.69, 9.17) is 10.00 Å². The van der Waals surface area contributed by atoms with Gasteiger partial charge in [-0.1, -0.05) is 0 Å². The number of hydrogen-bond acceptors (Lipinski definition) is 7. The molecule has 0 unspecified atom stereocenters. The van der Waals surface area contributed by atoms with Crippen molar-refractivity contribution in [3.8, 4) is 23.5 Å². The summed E-state index contributed by atoms with van der Waals surface area (Å²) in [4.78, 5) is 16.6. The third-order valence-corrected chi connectivity index (χ3v) is 2.31. The van der Waals surface area contributed by atoms with Crippen molar-refractivity contribution in [2.24, 2.45) is 0 Å². The summed E-state index contributed by atoms with van der Waals surface area (Å²) in [5, 5.41) is 11.8. The Morgan fingerprint density at radius 1 is 1.25 bits per heavy atom. The van der Waals surface area contributed by atoms with Gasteiger partial charge in [-0.2, -0.15) is 20.2 Å². The molecule has 2 aromatic rings. The highest BCUT2D eigenvalue weighted by molar-refractivity contribution is 5.57. The predicted molar refractivity (Wildman–Crippen MR) is 73.1 cm³/mol. The standard InChI is InChI=1S/C13H14N6O/c1-8(2)20-13-18-11(17-12(15-3)19-13)10-4-9(5-14)6-16-7-10/h4,6-8H,1-3H3,(H,15,17,18,19). The lowest BCUT2D eigenvalue weighted by molar-refractivity contribution is 0.222. The van der Waals surface area contributed by atoms with Gasteiger partial charge in [0.25, 0.3) is 0 Å². The zero-order chi connectivity index (χ0) is 14.5. The highest BCUT2D eigenvalue weighted by Gasteiger charge is 2.10. The maximum atomic E-state index is 8.90. The smallest absolute Gasteiger partial charge is 0.322 e. The van der Waals surface area contributed by atoms with Gasteiger partial charge in [-0.15, -0.1) is 0 Å². The summed E-state index contributed by atoms with van der Waals surface area (Å²) < 4.78 is 5.49. The lowest BCUT2D eigenvalue weighted by Crippen LogP contribution is -2.11. The molecule has 2 rings (SSSR count). The Morgan fingerprint density at radius 3 is 2.70 bits per heavy atom. The SMILES string of the molecule is CNc1nc(OC(C)C)nc(-c2cncc(C#N)c2)n1. The average Bonchev–Trinajstić information content (AvgIpc) is 2.46. The van der Waals surface area contributed by atoms with Crippen LogP contribution in [0.5, 0.6) is 6.01 Å². The summed E-state index contributed by atoms with van der Waals surface area (Å²) in [6.45, 7) is 3.78. The highest BCUT2D eigenvalue weighted by Crippen LogP contribution is 2.19. The molecule has 7 heteroatoms. The van der Waals surface area contributed by atoms with Gasteiger partial charge in [-0.3, -0.25) is 4.98 Å². The minimum atomic E-state index is -0.0430. The molecule has 0 aromatic carbocycles. The summed E-state index contributed by atoms with van der Waals surface area (Å²) >= 11 is 0. The number of nitrogens with zero attached hydrogens (tertiary/aromatic N) is 5. The molecule has 20 heavy (non-hydrogen) atoms. The molecule has 0 aliphatic rings. The van der Waals surface area contributed by atoms with Gasteiger partial charge in [0, 0.05) is 25.0 Å². The second kappa shape index (κ2) is 5.93. The summed E-state index contributed by atoms with van der Waals surface area (Å²) in [7, 11) is 1.71. The maximum absolute atomic E-state index is 8.90. The van der Waals surface area contributed by atoms with Crippen LogP contribution in [0.3, 0.4) is 0 Å². The minimum absolute atomic E-state index is 0.0430. The molecule has 0 saturated carbocycles. The zero-order valence-electron chi connectivity index (χ0n) is 11.5. The van der Waals surface area contributed by atoms with Crippen LogP contribution >= 0.6 is 0 Å². The van der Waals surface area contributed by atoms with Crippen LogP contribution in [-0.4, -0.2) is 33.1 Å². The largest absolute Gasteiger partial charge is 0.461 e. The Morgan fingerprint density at radius 2 is 2.05 bits per heavy atom.